The molecule has 1 N–H and O–H groups in total. The highest BCUT2D eigenvalue weighted by Crippen LogP contribution is 2.31. The number of rotatable bonds is 7. The highest BCUT2D eigenvalue weighted by molar-refractivity contribution is 6.01. The van der Waals surface area contributed by atoms with Crippen LogP contribution in [-0.4, -0.2) is 18.2 Å². The molecule has 3 rings (SSSR count). The number of methoxy groups -OCH3 is 1. The number of hydrogen-bond acceptors (Lipinski definition) is 4. The lowest BCUT2D eigenvalue weighted by molar-refractivity contribution is -0.135. The zero-order valence-corrected chi connectivity index (χ0v) is 17.2. The van der Waals surface area contributed by atoms with E-state index < -0.39 is 5.97 Å². The number of phenolic OH excluding ortho intramolecular Hbond substituents is 1. The largest absolute Gasteiger partial charge is 0.508 e. The van der Waals surface area contributed by atoms with Crippen LogP contribution in [0.2, 0.25) is 0 Å². The molecule has 0 saturated carbocycles. The van der Waals surface area contributed by atoms with E-state index in [-0.39, 0.29) is 23.7 Å². The first-order valence-electron chi connectivity index (χ1n) is 9.59. The summed E-state index contributed by atoms with van der Waals surface area (Å²) in [6.45, 7) is 4.12. The fourth-order valence-electron chi connectivity index (χ4n) is 3.14. The van der Waals surface area contributed by atoms with E-state index in [0.29, 0.717) is 5.56 Å². The molecule has 0 heterocycles. The summed E-state index contributed by atoms with van der Waals surface area (Å²) >= 11 is 0. The molecule has 0 aliphatic carbocycles. The van der Waals surface area contributed by atoms with E-state index in [0.717, 1.165) is 22.3 Å². The van der Waals surface area contributed by atoms with Crippen LogP contribution in [-0.2, 0) is 20.9 Å². The zero-order chi connectivity index (χ0) is 22.2. The summed E-state index contributed by atoms with van der Waals surface area (Å²) in [6, 6.07) is 22.1. The Balaban J connectivity index is 2.09. The first kappa shape index (κ1) is 21.5. The Morgan fingerprint density at radius 1 is 1.06 bits per heavy atom. The van der Waals surface area contributed by atoms with Gasteiger partial charge in [-0.3, -0.25) is 0 Å². The molecule has 31 heavy (non-hydrogen) atoms. The molecule has 0 aliphatic rings. The normalized spacial score (nSPS) is 11.1. The quantitative estimate of drug-likeness (QED) is 0.244. The molecule has 0 fully saturated rings. The van der Waals surface area contributed by atoms with Gasteiger partial charge in [0.15, 0.2) is 11.3 Å². The minimum atomic E-state index is -0.655. The molecule has 0 aromatic heterocycles. The van der Waals surface area contributed by atoms with Gasteiger partial charge >= 0.3 is 5.97 Å². The zero-order valence-electron chi connectivity index (χ0n) is 17.2. The molecule has 0 radical (unpaired) electrons. The molecule has 0 saturated heterocycles. The Morgan fingerprint density at radius 3 is 2.45 bits per heavy atom. The van der Waals surface area contributed by atoms with Crippen LogP contribution in [0.15, 0.2) is 84.9 Å². The van der Waals surface area contributed by atoms with Gasteiger partial charge in [-0.1, -0.05) is 67.1 Å². The molecule has 0 aliphatic heterocycles. The first-order valence-corrected chi connectivity index (χ1v) is 9.59. The van der Waals surface area contributed by atoms with Crippen molar-refractivity contribution in [2.45, 2.75) is 6.61 Å². The molecule has 0 unspecified atom stereocenters. The van der Waals surface area contributed by atoms with Crippen molar-refractivity contribution in [1.82, 2.24) is 0 Å². The number of aromatic hydroxyl groups is 1. The fourth-order valence-corrected chi connectivity index (χ4v) is 3.14. The van der Waals surface area contributed by atoms with E-state index in [2.05, 4.69) is 12.5 Å². The lowest BCUT2D eigenvalue weighted by Crippen LogP contribution is -2.09. The Bertz CT molecular complexity index is 1170. The van der Waals surface area contributed by atoms with Crippen LogP contribution in [0.1, 0.15) is 16.7 Å². The van der Waals surface area contributed by atoms with Crippen LogP contribution in [0.3, 0.4) is 0 Å². The molecule has 154 valence electrons. The number of terminal acetylenes is 1. The Hall–Kier alpha value is -4.23. The highest BCUT2D eigenvalue weighted by Gasteiger charge is 2.20. The fraction of sp³-hybridized carbons (Fsp3) is 0.0741. The minimum absolute atomic E-state index is 0.00774. The average molecular weight is 410 g/mol. The second kappa shape index (κ2) is 10.00. The summed E-state index contributed by atoms with van der Waals surface area (Å²) < 4.78 is 10.9. The third kappa shape index (κ3) is 5.04. The van der Waals surface area contributed by atoms with Gasteiger partial charge in [-0.25, -0.2) is 4.79 Å². The SMILES string of the molecule is C#C/C(C(=O)OC)=C(/OCc1ccccc1)c1ccc(-c2cccc(O)c2)cc1C=C. The first-order chi connectivity index (χ1) is 15.1. The molecular formula is C27H22O4. The van der Waals surface area contributed by atoms with E-state index in [1.165, 1.54) is 7.11 Å². The van der Waals surface area contributed by atoms with Gasteiger partial charge in [-0.15, -0.1) is 6.42 Å². The van der Waals surface area contributed by atoms with Gasteiger partial charge < -0.3 is 14.6 Å². The second-order valence-electron chi connectivity index (χ2n) is 6.67. The number of esters is 1. The molecule has 3 aromatic carbocycles. The number of phenols is 1. The van der Waals surface area contributed by atoms with Crippen LogP contribution in [0.4, 0.5) is 0 Å². The Labute approximate surface area is 182 Å². The van der Waals surface area contributed by atoms with E-state index in [4.69, 9.17) is 15.9 Å². The summed E-state index contributed by atoms with van der Waals surface area (Å²) in [4.78, 5) is 12.3. The van der Waals surface area contributed by atoms with Crippen molar-refractivity contribution >= 4 is 17.8 Å². The summed E-state index contributed by atoms with van der Waals surface area (Å²) in [5.74, 6) is 2.17. The summed E-state index contributed by atoms with van der Waals surface area (Å²) in [6.07, 6.45) is 7.31. The van der Waals surface area contributed by atoms with Crippen molar-refractivity contribution in [2.75, 3.05) is 7.11 Å². The van der Waals surface area contributed by atoms with Crippen molar-refractivity contribution in [3.63, 3.8) is 0 Å². The highest BCUT2D eigenvalue weighted by atomic mass is 16.5. The van der Waals surface area contributed by atoms with Crippen molar-refractivity contribution in [3.05, 3.63) is 102 Å². The standard InChI is InChI=1S/C27H22O4/c1-4-20-16-22(21-12-9-13-23(28)17-21)14-15-25(20)26(24(5-2)27(29)30-3)31-18-19-10-7-6-8-11-19/h2,4,6-17,28H,1,18H2,3H3/b26-24-. The predicted molar refractivity (Wildman–Crippen MR) is 123 cm³/mol. The topological polar surface area (TPSA) is 55.8 Å². The predicted octanol–water partition coefficient (Wildman–Crippen LogP) is 5.44. The average Bonchev–Trinajstić information content (AvgIpc) is 2.81. The van der Waals surface area contributed by atoms with Crippen LogP contribution in [0, 0.1) is 12.3 Å². The second-order valence-corrected chi connectivity index (χ2v) is 6.67. The number of hydrogen-bond donors (Lipinski definition) is 1. The van der Waals surface area contributed by atoms with Crippen LogP contribution < -0.4 is 0 Å². The third-order valence-corrected chi connectivity index (χ3v) is 4.68. The summed E-state index contributed by atoms with van der Waals surface area (Å²) in [7, 11) is 1.27. The van der Waals surface area contributed by atoms with Gasteiger partial charge in [0, 0.05) is 5.56 Å². The monoisotopic (exact) mass is 410 g/mol. The van der Waals surface area contributed by atoms with Crippen molar-refractivity contribution < 1.29 is 19.4 Å². The van der Waals surface area contributed by atoms with Gasteiger partial charge in [-0.2, -0.15) is 0 Å². The summed E-state index contributed by atoms with van der Waals surface area (Å²) in [5.41, 5.74) is 3.98. The van der Waals surface area contributed by atoms with E-state index in [9.17, 15) is 9.90 Å². The molecule has 0 spiro atoms. The van der Waals surface area contributed by atoms with Crippen molar-refractivity contribution in [3.8, 4) is 29.2 Å². The molecule has 4 heteroatoms. The molecule has 0 atom stereocenters. The molecule has 4 nitrogen and oxygen atoms in total. The lowest BCUT2D eigenvalue weighted by Gasteiger charge is -2.16. The van der Waals surface area contributed by atoms with Crippen LogP contribution >= 0.6 is 0 Å². The van der Waals surface area contributed by atoms with Gasteiger partial charge in [0.1, 0.15) is 12.4 Å². The molecule has 0 amide bonds. The van der Waals surface area contributed by atoms with E-state index in [1.807, 2.05) is 54.6 Å². The number of carbonyl (C=O) groups is 1. The number of benzene rings is 3. The van der Waals surface area contributed by atoms with Crippen molar-refractivity contribution in [1.29, 1.82) is 0 Å². The van der Waals surface area contributed by atoms with Gasteiger partial charge in [0.25, 0.3) is 0 Å². The lowest BCUT2D eigenvalue weighted by atomic mass is 9.96. The van der Waals surface area contributed by atoms with Crippen molar-refractivity contribution in [2.24, 2.45) is 0 Å². The maximum atomic E-state index is 12.3. The van der Waals surface area contributed by atoms with Gasteiger partial charge in [-0.05, 0) is 46.5 Å². The van der Waals surface area contributed by atoms with Gasteiger partial charge in [0.05, 0.1) is 7.11 Å². The molecular weight excluding hydrogens is 388 g/mol. The third-order valence-electron chi connectivity index (χ3n) is 4.68. The van der Waals surface area contributed by atoms with E-state index >= 15 is 0 Å². The smallest absolute Gasteiger partial charge is 0.350 e. The Morgan fingerprint density at radius 2 is 1.81 bits per heavy atom. The van der Waals surface area contributed by atoms with Crippen LogP contribution in [0.25, 0.3) is 23.0 Å². The summed E-state index contributed by atoms with van der Waals surface area (Å²) in [5, 5.41) is 9.79. The number of carbonyl (C=O) groups excluding carboxylic acids is 1. The van der Waals surface area contributed by atoms with Crippen LogP contribution in [0.5, 0.6) is 5.75 Å². The molecule has 3 aromatic rings. The maximum absolute atomic E-state index is 12.3. The van der Waals surface area contributed by atoms with Gasteiger partial charge in [0.2, 0.25) is 0 Å². The number of ether oxygens (including phenoxy) is 2. The molecule has 0 bridgehead atoms. The van der Waals surface area contributed by atoms with E-state index in [1.54, 1.807) is 24.3 Å². The minimum Gasteiger partial charge on any atom is -0.508 e. The Kier molecular flexibility index (Phi) is 6.93. The maximum Gasteiger partial charge on any atom is 0.350 e.